The van der Waals surface area contributed by atoms with Crippen LogP contribution in [0.15, 0.2) is 73.2 Å². The van der Waals surface area contributed by atoms with E-state index in [1.165, 1.54) is 5.01 Å². The third-order valence-electron chi connectivity index (χ3n) is 5.74. The molecule has 3 N–H and O–H groups in total. The highest BCUT2D eigenvalue weighted by atomic mass is 16.5. The predicted molar refractivity (Wildman–Crippen MR) is 124 cm³/mol. The highest BCUT2D eigenvalue weighted by molar-refractivity contribution is 5.93. The number of aromatic nitrogens is 2. The van der Waals surface area contributed by atoms with Gasteiger partial charge in [0.15, 0.2) is 0 Å². The van der Waals surface area contributed by atoms with Crippen molar-refractivity contribution in [2.45, 2.75) is 37.8 Å². The number of carbonyl (C=O) groups is 3. The average Bonchev–Trinajstić information content (AvgIpc) is 3.47. The number of alkyl carbamates (subject to hydrolysis) is 1. The van der Waals surface area contributed by atoms with Crippen LogP contribution in [0.5, 0.6) is 0 Å². The zero-order chi connectivity index (χ0) is 23.8. The van der Waals surface area contributed by atoms with Crippen molar-refractivity contribution in [3.05, 3.63) is 90.0 Å². The summed E-state index contributed by atoms with van der Waals surface area (Å²) in [5.74, 6) is -0.667. The predicted octanol–water partition coefficient (Wildman–Crippen LogP) is 2.51. The summed E-state index contributed by atoms with van der Waals surface area (Å²) in [6.45, 7) is 0.370. The van der Waals surface area contributed by atoms with E-state index >= 15 is 0 Å². The van der Waals surface area contributed by atoms with Crippen LogP contribution >= 0.6 is 0 Å². The van der Waals surface area contributed by atoms with E-state index < -0.39 is 11.6 Å². The van der Waals surface area contributed by atoms with Crippen molar-refractivity contribution in [3.8, 4) is 0 Å². The van der Waals surface area contributed by atoms with Gasteiger partial charge >= 0.3 is 6.09 Å². The molecule has 0 radical (unpaired) electrons. The minimum atomic E-state index is -1.22. The Labute approximate surface area is 197 Å². The first kappa shape index (κ1) is 23.0. The lowest BCUT2D eigenvalue weighted by atomic mass is 9.89. The lowest BCUT2D eigenvalue weighted by Crippen LogP contribution is -2.58. The molecule has 1 aliphatic rings. The van der Waals surface area contributed by atoms with Gasteiger partial charge < -0.3 is 15.0 Å². The molecule has 0 bridgehead atoms. The Morgan fingerprint density at radius 1 is 1.06 bits per heavy atom. The number of benzene rings is 2. The minimum Gasteiger partial charge on any atom is -0.445 e. The van der Waals surface area contributed by atoms with Crippen LogP contribution < -0.4 is 10.7 Å². The Morgan fingerprint density at radius 3 is 2.44 bits per heavy atom. The Bertz CT molecular complexity index is 1100. The Kier molecular flexibility index (Phi) is 7.22. The van der Waals surface area contributed by atoms with Crippen molar-refractivity contribution < 1.29 is 19.1 Å². The molecule has 1 atom stereocenters. The number of aromatic amines is 1. The molecular formula is C25H27N5O4. The van der Waals surface area contributed by atoms with Crippen molar-refractivity contribution >= 4 is 17.9 Å². The van der Waals surface area contributed by atoms with Crippen molar-refractivity contribution in [2.24, 2.45) is 0 Å². The molecule has 0 aliphatic carbocycles. The second-order valence-corrected chi connectivity index (χ2v) is 8.23. The summed E-state index contributed by atoms with van der Waals surface area (Å²) in [6.07, 6.45) is 3.86. The summed E-state index contributed by atoms with van der Waals surface area (Å²) in [4.78, 5) is 45.5. The number of hydrazine groups is 1. The van der Waals surface area contributed by atoms with Crippen LogP contribution in [-0.4, -0.2) is 45.0 Å². The van der Waals surface area contributed by atoms with Crippen LogP contribution in [0.2, 0.25) is 0 Å². The number of hydrogen-bond donors (Lipinski definition) is 3. The third-order valence-corrected chi connectivity index (χ3v) is 5.74. The number of imidazole rings is 1. The highest BCUT2D eigenvalue weighted by Gasteiger charge is 2.49. The van der Waals surface area contributed by atoms with Crippen LogP contribution in [-0.2, 0) is 33.8 Å². The van der Waals surface area contributed by atoms with Gasteiger partial charge in [-0.2, -0.15) is 0 Å². The lowest BCUT2D eigenvalue weighted by Gasteiger charge is -2.29. The molecule has 3 aromatic rings. The smallest absolute Gasteiger partial charge is 0.408 e. The highest BCUT2D eigenvalue weighted by Crippen LogP contribution is 2.27. The van der Waals surface area contributed by atoms with Gasteiger partial charge in [0, 0.05) is 25.6 Å². The van der Waals surface area contributed by atoms with Crippen molar-refractivity contribution in [1.29, 1.82) is 0 Å². The number of ether oxygens (including phenoxy) is 1. The fraction of sp³-hybridized carbons (Fsp3) is 0.280. The number of rotatable bonds is 9. The molecule has 1 aromatic heterocycles. The van der Waals surface area contributed by atoms with Crippen molar-refractivity contribution in [2.75, 3.05) is 6.54 Å². The molecule has 9 nitrogen and oxygen atoms in total. The summed E-state index contributed by atoms with van der Waals surface area (Å²) in [6, 6.07) is 18.8. The lowest BCUT2D eigenvalue weighted by molar-refractivity contribution is -0.141. The quantitative estimate of drug-likeness (QED) is 0.453. The van der Waals surface area contributed by atoms with Crippen molar-refractivity contribution in [1.82, 2.24) is 25.7 Å². The van der Waals surface area contributed by atoms with E-state index in [-0.39, 0.29) is 37.8 Å². The van der Waals surface area contributed by atoms with Gasteiger partial charge in [0.1, 0.15) is 12.1 Å². The number of nitrogens with zero attached hydrogens (tertiary/aromatic N) is 2. The van der Waals surface area contributed by atoms with Crippen LogP contribution in [0.1, 0.15) is 29.7 Å². The largest absolute Gasteiger partial charge is 0.445 e. The Balaban J connectivity index is 1.41. The zero-order valence-corrected chi connectivity index (χ0v) is 18.7. The second-order valence-electron chi connectivity index (χ2n) is 8.23. The number of aryl methyl sites for hydroxylation is 1. The topological polar surface area (TPSA) is 116 Å². The molecule has 0 spiro atoms. The van der Waals surface area contributed by atoms with E-state index in [0.29, 0.717) is 12.8 Å². The van der Waals surface area contributed by atoms with Crippen molar-refractivity contribution in [3.63, 3.8) is 0 Å². The molecule has 9 heteroatoms. The molecule has 1 fully saturated rings. The molecule has 34 heavy (non-hydrogen) atoms. The first-order valence-corrected chi connectivity index (χ1v) is 11.2. The average molecular weight is 462 g/mol. The van der Waals surface area contributed by atoms with Gasteiger partial charge in [-0.3, -0.25) is 20.0 Å². The first-order valence-electron chi connectivity index (χ1n) is 11.2. The van der Waals surface area contributed by atoms with Crippen LogP contribution in [0.3, 0.4) is 0 Å². The Morgan fingerprint density at radius 2 is 1.76 bits per heavy atom. The summed E-state index contributed by atoms with van der Waals surface area (Å²) in [5, 5.41) is 4.09. The summed E-state index contributed by atoms with van der Waals surface area (Å²) >= 11 is 0. The maximum Gasteiger partial charge on any atom is 0.408 e. The number of carbonyl (C=O) groups excluding carboxylic acids is 3. The van der Waals surface area contributed by atoms with Gasteiger partial charge in [0.05, 0.1) is 12.0 Å². The number of amides is 3. The summed E-state index contributed by atoms with van der Waals surface area (Å²) in [7, 11) is 0. The molecule has 1 saturated heterocycles. The van der Waals surface area contributed by atoms with Gasteiger partial charge in [-0.05, 0) is 24.0 Å². The van der Waals surface area contributed by atoms with Crippen LogP contribution in [0.4, 0.5) is 4.79 Å². The summed E-state index contributed by atoms with van der Waals surface area (Å²) < 4.78 is 5.38. The SMILES string of the molecule is O=C(CCc1c[nH]cn1)NN1CCC(Cc2ccccc2)(NC(=O)OCc2ccccc2)C1=O. The molecule has 1 unspecified atom stereocenters. The van der Waals surface area contributed by atoms with Gasteiger partial charge in [-0.15, -0.1) is 0 Å². The fourth-order valence-electron chi connectivity index (χ4n) is 3.97. The number of nitrogens with one attached hydrogen (secondary N) is 3. The van der Waals surface area contributed by atoms with E-state index in [2.05, 4.69) is 20.7 Å². The molecule has 176 valence electrons. The normalized spacial score (nSPS) is 17.4. The van der Waals surface area contributed by atoms with E-state index in [9.17, 15) is 14.4 Å². The molecule has 3 amide bonds. The molecule has 2 heterocycles. The van der Waals surface area contributed by atoms with Crippen LogP contribution in [0.25, 0.3) is 0 Å². The van der Waals surface area contributed by atoms with Gasteiger partial charge in [-0.25, -0.2) is 9.78 Å². The van der Waals surface area contributed by atoms with Gasteiger partial charge in [0.2, 0.25) is 5.91 Å². The fourth-order valence-corrected chi connectivity index (χ4v) is 3.97. The van der Waals surface area contributed by atoms with E-state index in [0.717, 1.165) is 16.8 Å². The molecule has 0 saturated carbocycles. The molecule has 2 aromatic carbocycles. The summed E-state index contributed by atoms with van der Waals surface area (Å²) in [5.41, 5.74) is 3.97. The standard InChI is InChI=1S/C25H27N5O4/c31-22(12-11-21-16-26-18-27-21)29-30-14-13-25(23(30)32,15-19-7-3-1-4-8-19)28-24(33)34-17-20-9-5-2-6-10-20/h1-10,16,18H,11-15,17H2,(H,26,27)(H,28,33)(H,29,31). The maximum absolute atomic E-state index is 13.4. The van der Waals surface area contributed by atoms with Gasteiger partial charge in [-0.1, -0.05) is 60.7 Å². The molecule has 1 aliphatic heterocycles. The van der Waals surface area contributed by atoms with Crippen LogP contribution in [0, 0.1) is 0 Å². The number of H-pyrrole nitrogens is 1. The third kappa shape index (κ3) is 5.80. The Hall–Kier alpha value is -4.14. The van der Waals surface area contributed by atoms with Gasteiger partial charge in [0.25, 0.3) is 5.91 Å². The minimum absolute atomic E-state index is 0.0932. The maximum atomic E-state index is 13.4. The van der Waals surface area contributed by atoms with E-state index in [1.54, 1.807) is 12.5 Å². The second kappa shape index (κ2) is 10.7. The first-order chi connectivity index (χ1) is 16.5. The molecular weight excluding hydrogens is 434 g/mol. The molecule has 4 rings (SSSR count). The number of hydrogen-bond acceptors (Lipinski definition) is 5. The van der Waals surface area contributed by atoms with E-state index in [1.807, 2.05) is 60.7 Å². The zero-order valence-electron chi connectivity index (χ0n) is 18.7. The van der Waals surface area contributed by atoms with E-state index in [4.69, 9.17) is 4.74 Å². The monoisotopic (exact) mass is 461 g/mol.